The molecule has 4 rings (SSSR count). The lowest BCUT2D eigenvalue weighted by Gasteiger charge is -2.10. The maximum absolute atomic E-state index is 12.6. The van der Waals surface area contributed by atoms with Crippen LogP contribution >= 0.6 is 11.6 Å². The summed E-state index contributed by atoms with van der Waals surface area (Å²) in [7, 11) is 1.50. The second-order valence-corrected chi connectivity index (χ2v) is 7.92. The minimum Gasteiger partial charge on any atom is -0.492 e. The normalized spacial score (nSPS) is 11.8. The number of non-ortho nitro benzene ring substituents is 1. The van der Waals surface area contributed by atoms with Crippen LogP contribution in [-0.2, 0) is 13.6 Å². The molecule has 2 aromatic heterocycles. The summed E-state index contributed by atoms with van der Waals surface area (Å²) in [6, 6.07) is 15.0. The van der Waals surface area contributed by atoms with Gasteiger partial charge in [-0.2, -0.15) is 10.1 Å². The van der Waals surface area contributed by atoms with Crippen molar-refractivity contribution in [2.24, 2.45) is 12.1 Å². The zero-order chi connectivity index (χ0) is 25.7. The number of H-pyrrole nitrogens is 1. The number of benzene rings is 2. The predicted octanol–water partition coefficient (Wildman–Crippen LogP) is 3.09. The Bertz CT molecular complexity index is 1570. The van der Waals surface area contributed by atoms with Crippen LogP contribution in [0.2, 0.25) is 0 Å². The third-order valence-corrected chi connectivity index (χ3v) is 5.30. The van der Waals surface area contributed by atoms with Gasteiger partial charge in [-0.25, -0.2) is 10.2 Å². The van der Waals surface area contributed by atoms with Crippen LogP contribution in [0.15, 0.2) is 74.3 Å². The van der Waals surface area contributed by atoms with Crippen molar-refractivity contribution in [2.45, 2.75) is 6.54 Å². The van der Waals surface area contributed by atoms with Crippen LogP contribution in [0.4, 0.5) is 11.6 Å². The summed E-state index contributed by atoms with van der Waals surface area (Å²) < 4.78 is 8.52. The lowest BCUT2D eigenvalue weighted by atomic mass is 10.2. The summed E-state index contributed by atoms with van der Waals surface area (Å²) >= 11 is 6.22. The summed E-state index contributed by atoms with van der Waals surface area (Å²) in [5, 5.41) is 15.1. The molecule has 2 N–H and O–H groups in total. The highest BCUT2D eigenvalue weighted by Crippen LogP contribution is 2.17. The summed E-state index contributed by atoms with van der Waals surface area (Å²) in [6.07, 6.45) is 2.89. The highest BCUT2D eigenvalue weighted by Gasteiger charge is 2.17. The molecule has 4 aromatic rings. The molecule has 36 heavy (non-hydrogen) atoms. The molecule has 0 amide bonds. The van der Waals surface area contributed by atoms with Crippen molar-refractivity contribution in [3.63, 3.8) is 0 Å². The van der Waals surface area contributed by atoms with E-state index in [1.165, 1.54) is 30.0 Å². The van der Waals surface area contributed by atoms with Gasteiger partial charge < -0.3 is 4.74 Å². The smallest absolute Gasteiger partial charge is 0.329 e. The van der Waals surface area contributed by atoms with Crippen LogP contribution < -0.4 is 21.4 Å². The van der Waals surface area contributed by atoms with E-state index in [4.69, 9.17) is 16.3 Å². The van der Waals surface area contributed by atoms with Crippen molar-refractivity contribution >= 4 is 46.7 Å². The largest absolute Gasteiger partial charge is 0.492 e. The molecule has 2 aromatic carbocycles. The van der Waals surface area contributed by atoms with Gasteiger partial charge in [0.05, 0.1) is 22.7 Å². The number of hydrogen-bond acceptors (Lipinski definition) is 8. The Morgan fingerprint density at radius 1 is 1.22 bits per heavy atom. The SMILES string of the molecule is Cn1c(=O)[nH]c(=O)c2c1nc(N/N=C\C(Cl)=C/c1ccc([N+](=O)[O-])cc1)n2CCOc1ccccc1. The van der Waals surface area contributed by atoms with Crippen LogP contribution in [0.5, 0.6) is 5.75 Å². The molecule has 0 saturated heterocycles. The molecule has 0 saturated carbocycles. The fourth-order valence-electron chi connectivity index (χ4n) is 3.35. The van der Waals surface area contributed by atoms with Crippen molar-refractivity contribution in [3.05, 3.63) is 96.1 Å². The van der Waals surface area contributed by atoms with Crippen molar-refractivity contribution in [1.82, 2.24) is 19.1 Å². The van der Waals surface area contributed by atoms with E-state index in [1.54, 1.807) is 22.8 Å². The number of ether oxygens (including phenoxy) is 1. The Labute approximate surface area is 208 Å². The number of aromatic nitrogens is 4. The molecule has 0 aliphatic rings. The number of aryl methyl sites for hydroxylation is 1. The van der Waals surface area contributed by atoms with E-state index in [-0.39, 0.29) is 41.0 Å². The zero-order valence-corrected chi connectivity index (χ0v) is 19.7. The number of nitrogens with one attached hydrogen (secondary N) is 2. The second kappa shape index (κ2) is 10.7. The Balaban J connectivity index is 1.57. The third kappa shape index (κ3) is 5.50. The first-order valence-corrected chi connectivity index (χ1v) is 11.0. The highest BCUT2D eigenvalue weighted by atomic mass is 35.5. The van der Waals surface area contributed by atoms with Gasteiger partial charge in [-0.3, -0.25) is 29.0 Å². The quantitative estimate of drug-likeness (QED) is 0.200. The van der Waals surface area contributed by atoms with Gasteiger partial charge in [0.1, 0.15) is 12.4 Å². The molecule has 0 bridgehead atoms. The van der Waals surface area contributed by atoms with Crippen molar-refractivity contribution in [1.29, 1.82) is 0 Å². The van der Waals surface area contributed by atoms with E-state index in [0.717, 1.165) is 0 Å². The number of anilines is 1. The van der Waals surface area contributed by atoms with E-state index >= 15 is 0 Å². The van der Waals surface area contributed by atoms with Crippen LogP contribution in [0.25, 0.3) is 17.2 Å². The molecular weight excluding hydrogens is 490 g/mol. The summed E-state index contributed by atoms with van der Waals surface area (Å²) in [6.45, 7) is 0.452. The first-order valence-electron chi connectivity index (χ1n) is 10.6. The van der Waals surface area contributed by atoms with Crippen LogP contribution in [0, 0.1) is 10.1 Å². The van der Waals surface area contributed by atoms with Gasteiger partial charge in [0, 0.05) is 19.2 Å². The summed E-state index contributed by atoms with van der Waals surface area (Å²) in [4.78, 5) is 41.5. The molecule has 0 aliphatic heterocycles. The van der Waals surface area contributed by atoms with Crippen molar-refractivity contribution in [3.8, 4) is 5.75 Å². The Morgan fingerprint density at radius 2 is 1.94 bits per heavy atom. The molecule has 2 heterocycles. The van der Waals surface area contributed by atoms with E-state index < -0.39 is 16.2 Å². The number of nitro benzene ring substituents is 1. The van der Waals surface area contributed by atoms with Gasteiger partial charge in [-0.15, -0.1) is 0 Å². The minimum atomic E-state index is -0.596. The van der Waals surface area contributed by atoms with Gasteiger partial charge in [0.25, 0.3) is 11.2 Å². The number of halogens is 1. The summed E-state index contributed by atoms with van der Waals surface area (Å²) in [5.74, 6) is 0.864. The number of hydrazone groups is 1. The number of allylic oxidation sites excluding steroid dienone is 1. The predicted molar refractivity (Wildman–Crippen MR) is 137 cm³/mol. The molecule has 12 nitrogen and oxygen atoms in total. The maximum Gasteiger partial charge on any atom is 0.329 e. The topological polar surface area (TPSA) is 149 Å². The highest BCUT2D eigenvalue weighted by molar-refractivity contribution is 6.41. The second-order valence-electron chi connectivity index (χ2n) is 7.49. The Kier molecular flexibility index (Phi) is 7.25. The molecule has 0 radical (unpaired) electrons. The summed E-state index contributed by atoms with van der Waals surface area (Å²) in [5.41, 5.74) is 2.53. The lowest BCUT2D eigenvalue weighted by Crippen LogP contribution is -2.29. The van der Waals surface area contributed by atoms with Gasteiger partial charge in [-0.05, 0) is 35.9 Å². The average Bonchev–Trinajstić information content (AvgIpc) is 3.22. The van der Waals surface area contributed by atoms with Gasteiger partial charge in [-0.1, -0.05) is 29.8 Å². The number of fused-ring (bicyclic) bond motifs is 1. The molecule has 0 fully saturated rings. The van der Waals surface area contributed by atoms with E-state index in [1.807, 2.05) is 30.3 Å². The molecule has 0 aliphatic carbocycles. The number of imidazole rings is 1. The maximum atomic E-state index is 12.6. The molecule has 0 atom stereocenters. The Morgan fingerprint density at radius 3 is 2.64 bits per heavy atom. The van der Waals surface area contributed by atoms with E-state index in [9.17, 15) is 19.7 Å². The zero-order valence-electron chi connectivity index (χ0n) is 18.9. The molecular formula is C23H20ClN7O5. The van der Waals surface area contributed by atoms with E-state index in [0.29, 0.717) is 11.3 Å². The number of hydrogen-bond donors (Lipinski definition) is 2. The number of rotatable bonds is 9. The van der Waals surface area contributed by atoms with Crippen molar-refractivity contribution < 1.29 is 9.66 Å². The van der Waals surface area contributed by atoms with Crippen LogP contribution in [0.3, 0.4) is 0 Å². The molecule has 13 heteroatoms. The van der Waals surface area contributed by atoms with Gasteiger partial charge in [0.15, 0.2) is 11.2 Å². The van der Waals surface area contributed by atoms with Crippen molar-refractivity contribution in [2.75, 3.05) is 12.0 Å². The lowest BCUT2D eigenvalue weighted by molar-refractivity contribution is -0.384. The van der Waals surface area contributed by atoms with Gasteiger partial charge in [0.2, 0.25) is 5.95 Å². The number of nitro groups is 1. The number of aromatic amines is 1. The minimum absolute atomic E-state index is 0.0295. The van der Waals surface area contributed by atoms with E-state index in [2.05, 4.69) is 20.5 Å². The monoisotopic (exact) mass is 509 g/mol. The van der Waals surface area contributed by atoms with Crippen LogP contribution in [-0.4, -0.2) is 36.8 Å². The van der Waals surface area contributed by atoms with Crippen LogP contribution in [0.1, 0.15) is 5.56 Å². The fourth-order valence-corrected chi connectivity index (χ4v) is 3.52. The molecule has 0 spiro atoms. The fraction of sp³-hybridized carbons (Fsp3) is 0.130. The number of para-hydroxylation sites is 1. The first kappa shape index (κ1) is 24.4. The molecule has 0 unspecified atom stereocenters. The Hall–Kier alpha value is -4.71. The molecule has 184 valence electrons. The third-order valence-electron chi connectivity index (χ3n) is 5.09. The van der Waals surface area contributed by atoms with Gasteiger partial charge >= 0.3 is 5.69 Å². The number of nitrogens with zero attached hydrogens (tertiary/aromatic N) is 5. The average molecular weight is 510 g/mol. The standard InChI is InChI=1S/C23H20ClN7O5/c1-29-20-19(21(32)27-23(29)33)30(11-12-36-18-5-3-2-4-6-18)22(26-20)28-25-14-16(24)13-15-7-9-17(10-8-15)31(34)35/h2-10,13-14H,11-12H2,1H3,(H,26,28)(H,27,32,33)/b16-13+,25-14-. The first-order chi connectivity index (χ1) is 17.3.